The lowest BCUT2D eigenvalue weighted by Gasteiger charge is -2.23. The van der Waals surface area contributed by atoms with E-state index in [1.165, 1.54) is 12.5 Å². The van der Waals surface area contributed by atoms with Gasteiger partial charge >= 0.3 is 0 Å². The van der Waals surface area contributed by atoms with E-state index < -0.39 is 10.9 Å². The monoisotopic (exact) mass is 277 g/mol. The molecule has 19 heavy (non-hydrogen) atoms. The van der Waals surface area contributed by atoms with Crippen LogP contribution in [0.1, 0.15) is 30.4 Å². The second kappa shape index (κ2) is 4.89. The van der Waals surface area contributed by atoms with Gasteiger partial charge in [0, 0.05) is 11.3 Å². The van der Waals surface area contributed by atoms with Crippen LogP contribution in [-0.4, -0.2) is 11.0 Å². The fourth-order valence-electron chi connectivity index (χ4n) is 2.43. The van der Waals surface area contributed by atoms with Crippen molar-refractivity contribution in [1.82, 2.24) is 0 Å². The average molecular weight is 277 g/mol. The number of nitrogens with one attached hydrogen (secondary N) is 1. The Morgan fingerprint density at radius 1 is 1.42 bits per heavy atom. The summed E-state index contributed by atoms with van der Waals surface area (Å²) in [5.74, 6) is 2.83. The van der Waals surface area contributed by atoms with Crippen molar-refractivity contribution in [2.45, 2.75) is 31.1 Å². The number of aryl methyl sites for hydroxylation is 1. The van der Waals surface area contributed by atoms with E-state index in [9.17, 15) is 9.59 Å². The third-order valence-corrected chi connectivity index (χ3v) is 4.92. The van der Waals surface area contributed by atoms with Gasteiger partial charge in [0.05, 0.1) is 11.7 Å². The van der Waals surface area contributed by atoms with Crippen molar-refractivity contribution in [2.24, 2.45) is 0 Å². The van der Waals surface area contributed by atoms with Crippen LogP contribution in [0.15, 0.2) is 32.2 Å². The van der Waals surface area contributed by atoms with Crippen molar-refractivity contribution in [3.05, 3.63) is 50.2 Å². The molecule has 0 aliphatic carbocycles. The van der Waals surface area contributed by atoms with Gasteiger partial charge < -0.3 is 9.73 Å². The Balaban J connectivity index is 1.86. The van der Waals surface area contributed by atoms with Crippen molar-refractivity contribution >= 4 is 17.4 Å². The first-order valence-electron chi connectivity index (χ1n) is 6.40. The van der Waals surface area contributed by atoms with Gasteiger partial charge in [-0.05, 0) is 37.7 Å². The molecule has 1 aliphatic heterocycles. The number of furan rings is 1. The van der Waals surface area contributed by atoms with Gasteiger partial charge in [0.2, 0.25) is 10.9 Å². The molecule has 1 saturated heterocycles. The number of rotatable bonds is 4. The van der Waals surface area contributed by atoms with E-state index in [0.717, 1.165) is 23.7 Å². The molecule has 1 fully saturated rings. The molecule has 0 unspecified atom stereocenters. The summed E-state index contributed by atoms with van der Waals surface area (Å²) in [7, 11) is 0. The van der Waals surface area contributed by atoms with E-state index in [0.29, 0.717) is 10.9 Å². The van der Waals surface area contributed by atoms with Gasteiger partial charge in [-0.3, -0.25) is 9.59 Å². The minimum atomic E-state index is -0.420. The van der Waals surface area contributed by atoms with Gasteiger partial charge in [-0.1, -0.05) is 0 Å². The molecule has 0 bridgehead atoms. The Hall–Kier alpha value is -1.49. The fourth-order valence-corrected chi connectivity index (χ4v) is 3.79. The van der Waals surface area contributed by atoms with E-state index in [4.69, 9.17) is 4.42 Å². The number of hydrogen-bond acceptors (Lipinski definition) is 5. The highest BCUT2D eigenvalue weighted by atomic mass is 32.2. The second-order valence-corrected chi connectivity index (χ2v) is 6.22. The van der Waals surface area contributed by atoms with E-state index in [2.05, 4.69) is 5.32 Å². The van der Waals surface area contributed by atoms with E-state index in [-0.39, 0.29) is 6.04 Å². The molecule has 2 heterocycles. The van der Waals surface area contributed by atoms with Gasteiger partial charge in [-0.15, -0.1) is 0 Å². The molecule has 0 spiro atoms. The summed E-state index contributed by atoms with van der Waals surface area (Å²) >= 11 is 1.89. The summed E-state index contributed by atoms with van der Waals surface area (Å²) in [4.78, 5) is 22.4. The number of thioether (sulfide) groups is 1. The van der Waals surface area contributed by atoms with Crippen LogP contribution in [0.3, 0.4) is 0 Å². The summed E-state index contributed by atoms with van der Waals surface area (Å²) < 4.78 is 5.69. The standard InChI is InChI=1S/C14H15NO3S/c1-8-4-5-11(18-8)13(12-3-2-6-19-12)15-9-7-10(16)14(9)17/h4-5,7,12-13,15H,2-3,6H2,1H3/t12-,13+/m0/s1. The maximum Gasteiger partial charge on any atom is 0.248 e. The molecule has 1 aromatic heterocycles. The normalized spacial score (nSPS) is 20.8. The lowest BCUT2D eigenvalue weighted by Crippen LogP contribution is -2.35. The second-order valence-electron chi connectivity index (χ2n) is 4.87. The van der Waals surface area contributed by atoms with Crippen LogP contribution in [0.4, 0.5) is 5.69 Å². The Labute approximate surface area is 114 Å². The summed E-state index contributed by atoms with van der Waals surface area (Å²) in [6.45, 7) is 1.90. The molecule has 0 saturated carbocycles. The van der Waals surface area contributed by atoms with Crippen LogP contribution >= 0.6 is 11.8 Å². The van der Waals surface area contributed by atoms with Crippen molar-refractivity contribution in [3.8, 4) is 0 Å². The van der Waals surface area contributed by atoms with Crippen LogP contribution in [0.5, 0.6) is 0 Å². The van der Waals surface area contributed by atoms with Crippen LogP contribution < -0.4 is 16.2 Å². The van der Waals surface area contributed by atoms with Crippen LogP contribution in [0, 0.1) is 6.92 Å². The zero-order valence-corrected chi connectivity index (χ0v) is 11.5. The highest BCUT2D eigenvalue weighted by Gasteiger charge is 2.30. The van der Waals surface area contributed by atoms with Gasteiger partial charge in [0.25, 0.3) is 0 Å². The highest BCUT2D eigenvalue weighted by Crippen LogP contribution is 2.38. The molecule has 0 radical (unpaired) electrons. The number of hydrogen-bond donors (Lipinski definition) is 1. The van der Waals surface area contributed by atoms with Crippen LogP contribution in [0.25, 0.3) is 0 Å². The van der Waals surface area contributed by atoms with Crippen molar-refractivity contribution < 1.29 is 4.42 Å². The van der Waals surface area contributed by atoms with E-state index in [1.807, 2.05) is 30.8 Å². The average Bonchev–Trinajstić information content (AvgIpc) is 3.05. The Morgan fingerprint density at radius 3 is 2.79 bits per heavy atom. The van der Waals surface area contributed by atoms with Crippen LogP contribution in [-0.2, 0) is 0 Å². The van der Waals surface area contributed by atoms with E-state index >= 15 is 0 Å². The molecule has 1 aromatic carbocycles. The molecule has 2 atom stereocenters. The summed E-state index contributed by atoms with van der Waals surface area (Å²) in [6.07, 6.45) is 2.27. The quantitative estimate of drug-likeness (QED) is 0.868. The van der Waals surface area contributed by atoms with Crippen molar-refractivity contribution in [3.63, 3.8) is 0 Å². The third kappa shape index (κ3) is 2.34. The molecule has 3 rings (SSSR count). The Bertz CT molecular complexity index is 648. The first kappa shape index (κ1) is 12.5. The smallest absolute Gasteiger partial charge is 0.248 e. The zero-order chi connectivity index (χ0) is 13.4. The lowest BCUT2D eigenvalue weighted by molar-refractivity contribution is 0.449. The Kier molecular flexibility index (Phi) is 3.22. The van der Waals surface area contributed by atoms with Gasteiger partial charge in [0.15, 0.2) is 0 Å². The first-order chi connectivity index (χ1) is 9.15. The third-order valence-electron chi connectivity index (χ3n) is 3.46. The molecule has 2 aromatic rings. The minimum absolute atomic E-state index is 0.0375. The number of anilines is 1. The van der Waals surface area contributed by atoms with E-state index in [1.54, 1.807) is 0 Å². The topological polar surface area (TPSA) is 59.3 Å². The predicted molar refractivity (Wildman–Crippen MR) is 76.6 cm³/mol. The maximum absolute atomic E-state index is 11.4. The summed E-state index contributed by atoms with van der Waals surface area (Å²) in [5, 5.41) is 3.57. The highest BCUT2D eigenvalue weighted by molar-refractivity contribution is 8.00. The van der Waals surface area contributed by atoms with Gasteiger partial charge in [-0.25, -0.2) is 0 Å². The van der Waals surface area contributed by atoms with Crippen molar-refractivity contribution in [2.75, 3.05) is 11.1 Å². The molecule has 100 valence electrons. The summed E-state index contributed by atoms with van der Waals surface area (Å²) in [5.41, 5.74) is -0.427. The Morgan fingerprint density at radius 2 is 2.26 bits per heavy atom. The molecular formula is C14H15NO3S. The van der Waals surface area contributed by atoms with Gasteiger partial charge in [-0.2, -0.15) is 11.8 Å². The van der Waals surface area contributed by atoms with Crippen LogP contribution in [0.2, 0.25) is 0 Å². The maximum atomic E-state index is 11.4. The van der Waals surface area contributed by atoms with Crippen molar-refractivity contribution in [1.29, 1.82) is 0 Å². The SMILES string of the molecule is Cc1ccc([C@@H](Nc2cc(=O)c2=O)[C@@H]2CCCS2)o1. The first-order valence-corrected chi connectivity index (χ1v) is 7.45. The molecule has 1 N–H and O–H groups in total. The predicted octanol–water partition coefficient (Wildman–Crippen LogP) is 2.23. The largest absolute Gasteiger partial charge is 0.464 e. The molecule has 1 aliphatic rings. The zero-order valence-electron chi connectivity index (χ0n) is 10.6. The molecule has 4 nitrogen and oxygen atoms in total. The molecular weight excluding hydrogens is 262 g/mol. The molecule has 5 heteroatoms. The fraction of sp³-hybridized carbons (Fsp3) is 0.429. The van der Waals surface area contributed by atoms with Gasteiger partial charge in [0.1, 0.15) is 11.5 Å². The molecule has 0 amide bonds. The minimum Gasteiger partial charge on any atom is -0.464 e. The summed E-state index contributed by atoms with van der Waals surface area (Å²) in [6, 6.07) is 5.19. The lowest BCUT2D eigenvalue weighted by atomic mass is 10.1.